The Morgan fingerprint density at radius 1 is 1.53 bits per heavy atom. The van der Waals surface area contributed by atoms with E-state index in [-0.39, 0.29) is 6.04 Å². The maximum Gasteiger partial charge on any atom is 0.0995 e. The fourth-order valence-corrected chi connectivity index (χ4v) is 3.17. The fourth-order valence-electron chi connectivity index (χ4n) is 1.62. The number of aryl methyl sites for hydroxylation is 1. The molecule has 1 atom stereocenters. The lowest BCUT2D eigenvalue weighted by Crippen LogP contribution is -2.17. The van der Waals surface area contributed by atoms with Crippen LogP contribution in [0.4, 0.5) is 0 Å². The Kier molecular flexibility index (Phi) is 4.04. The van der Waals surface area contributed by atoms with Gasteiger partial charge in [-0.15, -0.1) is 16.4 Å². The van der Waals surface area contributed by atoms with E-state index in [9.17, 15) is 0 Å². The third-order valence-corrected chi connectivity index (χ3v) is 3.94. The second kappa shape index (κ2) is 5.35. The van der Waals surface area contributed by atoms with Crippen LogP contribution < -0.4 is 5.73 Å². The molecule has 17 heavy (non-hydrogen) atoms. The zero-order valence-electron chi connectivity index (χ0n) is 9.23. The van der Waals surface area contributed by atoms with Crippen molar-refractivity contribution in [1.82, 2.24) is 15.0 Å². The summed E-state index contributed by atoms with van der Waals surface area (Å²) in [6, 6.07) is 1.45. The molecule has 0 saturated carbocycles. The molecule has 0 spiro atoms. The molecule has 0 radical (unpaired) electrons. The van der Waals surface area contributed by atoms with Gasteiger partial charge in [-0.25, -0.2) is 4.68 Å². The van der Waals surface area contributed by atoms with Gasteiger partial charge >= 0.3 is 0 Å². The highest BCUT2D eigenvalue weighted by atomic mass is 35.5. The summed E-state index contributed by atoms with van der Waals surface area (Å²) in [5.74, 6) is 0. The van der Waals surface area contributed by atoms with Crippen molar-refractivity contribution >= 4 is 34.5 Å². The van der Waals surface area contributed by atoms with E-state index in [0.717, 1.165) is 24.2 Å². The quantitative estimate of drug-likeness (QED) is 0.941. The summed E-state index contributed by atoms with van der Waals surface area (Å²) in [6.45, 7) is 2.87. The van der Waals surface area contributed by atoms with E-state index in [4.69, 9.17) is 28.9 Å². The smallest absolute Gasteiger partial charge is 0.0995 e. The zero-order chi connectivity index (χ0) is 12.4. The highest BCUT2D eigenvalue weighted by molar-refractivity contribution is 7.20. The molecule has 0 aliphatic carbocycles. The Balaban J connectivity index is 2.33. The number of aromatic nitrogens is 3. The van der Waals surface area contributed by atoms with Crippen molar-refractivity contribution < 1.29 is 0 Å². The van der Waals surface area contributed by atoms with Gasteiger partial charge in [0.15, 0.2) is 0 Å². The molecular formula is C10H12Cl2N4S. The Hall–Kier alpha value is -0.620. The molecule has 0 aliphatic rings. The number of thiophene rings is 1. The first kappa shape index (κ1) is 12.8. The predicted molar refractivity (Wildman–Crippen MR) is 70.7 cm³/mol. The standard InChI is InChI=1S/C10H12Cl2N4S/c1-2-3-16-7(5-14-15-16)9(13)6-4-8(11)17-10(6)12/h4-5,9H,2-3,13H2,1H3. The molecular weight excluding hydrogens is 279 g/mol. The predicted octanol–water partition coefficient (Wildman–Crippen LogP) is 3.10. The second-order valence-corrected chi connectivity index (χ2v) is 5.92. The van der Waals surface area contributed by atoms with Crippen molar-refractivity contribution in [3.8, 4) is 0 Å². The number of hydrogen-bond donors (Lipinski definition) is 1. The van der Waals surface area contributed by atoms with Gasteiger partial charge in [0.1, 0.15) is 0 Å². The Labute approximate surface area is 113 Å². The van der Waals surface area contributed by atoms with Crippen LogP contribution in [0.15, 0.2) is 12.3 Å². The van der Waals surface area contributed by atoms with Crippen molar-refractivity contribution in [2.24, 2.45) is 5.73 Å². The Bertz CT molecular complexity index is 508. The van der Waals surface area contributed by atoms with Gasteiger partial charge in [-0.05, 0) is 12.5 Å². The van der Waals surface area contributed by atoms with Crippen molar-refractivity contribution in [3.05, 3.63) is 32.2 Å². The zero-order valence-corrected chi connectivity index (χ0v) is 11.6. The van der Waals surface area contributed by atoms with Gasteiger partial charge in [0.25, 0.3) is 0 Å². The molecule has 0 aromatic carbocycles. The van der Waals surface area contributed by atoms with Crippen LogP contribution in [0.3, 0.4) is 0 Å². The summed E-state index contributed by atoms with van der Waals surface area (Å²) in [6.07, 6.45) is 2.64. The molecule has 2 aromatic rings. The van der Waals surface area contributed by atoms with Crippen LogP contribution in [-0.4, -0.2) is 15.0 Å². The Morgan fingerprint density at radius 2 is 2.29 bits per heavy atom. The first-order chi connectivity index (χ1) is 8.13. The molecule has 0 amide bonds. The molecule has 0 fully saturated rings. The number of halogens is 2. The van der Waals surface area contributed by atoms with Crippen molar-refractivity contribution in [3.63, 3.8) is 0 Å². The van der Waals surface area contributed by atoms with Gasteiger partial charge in [-0.2, -0.15) is 0 Å². The molecule has 0 saturated heterocycles. The van der Waals surface area contributed by atoms with E-state index >= 15 is 0 Å². The average molecular weight is 291 g/mol. The van der Waals surface area contributed by atoms with Crippen molar-refractivity contribution in [2.75, 3.05) is 0 Å². The van der Waals surface area contributed by atoms with Crippen LogP contribution in [0.2, 0.25) is 8.67 Å². The second-order valence-electron chi connectivity index (χ2n) is 3.64. The summed E-state index contributed by atoms with van der Waals surface area (Å²) in [4.78, 5) is 0. The van der Waals surface area contributed by atoms with Crippen LogP contribution in [0.25, 0.3) is 0 Å². The van der Waals surface area contributed by atoms with E-state index < -0.39 is 0 Å². The molecule has 2 heterocycles. The van der Waals surface area contributed by atoms with E-state index in [1.54, 1.807) is 16.9 Å². The molecule has 7 heteroatoms. The fraction of sp³-hybridized carbons (Fsp3) is 0.400. The monoisotopic (exact) mass is 290 g/mol. The molecule has 1 unspecified atom stereocenters. The van der Waals surface area contributed by atoms with Crippen LogP contribution in [0.5, 0.6) is 0 Å². The Morgan fingerprint density at radius 3 is 2.88 bits per heavy atom. The number of nitrogens with zero attached hydrogens (tertiary/aromatic N) is 3. The summed E-state index contributed by atoms with van der Waals surface area (Å²) >= 11 is 13.3. The lowest BCUT2D eigenvalue weighted by molar-refractivity contribution is 0.544. The SMILES string of the molecule is CCCn1nncc1C(N)c1cc(Cl)sc1Cl. The third-order valence-electron chi connectivity index (χ3n) is 2.42. The van der Waals surface area contributed by atoms with E-state index in [1.165, 1.54) is 11.3 Å². The highest BCUT2D eigenvalue weighted by Gasteiger charge is 2.19. The summed E-state index contributed by atoms with van der Waals surface area (Å²) in [5, 5.41) is 7.89. The molecule has 0 aliphatic heterocycles. The molecule has 92 valence electrons. The minimum atomic E-state index is -0.340. The normalized spacial score (nSPS) is 12.9. The van der Waals surface area contributed by atoms with Gasteiger partial charge in [0.05, 0.1) is 26.6 Å². The largest absolute Gasteiger partial charge is 0.319 e. The lowest BCUT2D eigenvalue weighted by Gasteiger charge is -2.12. The van der Waals surface area contributed by atoms with Gasteiger partial charge < -0.3 is 5.73 Å². The van der Waals surface area contributed by atoms with Crippen molar-refractivity contribution in [1.29, 1.82) is 0 Å². The van der Waals surface area contributed by atoms with Crippen molar-refractivity contribution in [2.45, 2.75) is 25.9 Å². The lowest BCUT2D eigenvalue weighted by atomic mass is 10.1. The first-order valence-electron chi connectivity index (χ1n) is 5.22. The van der Waals surface area contributed by atoms with Gasteiger partial charge in [0.2, 0.25) is 0 Å². The van der Waals surface area contributed by atoms with Crippen LogP contribution >= 0.6 is 34.5 Å². The van der Waals surface area contributed by atoms with E-state index in [0.29, 0.717) is 8.67 Å². The number of rotatable bonds is 4. The molecule has 2 rings (SSSR count). The van der Waals surface area contributed by atoms with Gasteiger partial charge in [-0.3, -0.25) is 0 Å². The summed E-state index contributed by atoms with van der Waals surface area (Å²) in [5.41, 5.74) is 7.84. The molecule has 4 nitrogen and oxygen atoms in total. The minimum absolute atomic E-state index is 0.340. The van der Waals surface area contributed by atoms with E-state index in [2.05, 4.69) is 17.2 Å². The van der Waals surface area contributed by atoms with Crippen LogP contribution in [-0.2, 0) is 6.54 Å². The average Bonchev–Trinajstić information content (AvgIpc) is 2.85. The van der Waals surface area contributed by atoms with Crippen LogP contribution in [0, 0.1) is 0 Å². The topological polar surface area (TPSA) is 56.7 Å². The molecule has 2 N–H and O–H groups in total. The molecule has 2 aromatic heterocycles. The van der Waals surface area contributed by atoms with Gasteiger partial charge in [-0.1, -0.05) is 35.3 Å². The van der Waals surface area contributed by atoms with E-state index in [1.807, 2.05) is 0 Å². The maximum atomic E-state index is 6.17. The summed E-state index contributed by atoms with van der Waals surface area (Å²) < 4.78 is 3.05. The first-order valence-corrected chi connectivity index (χ1v) is 6.79. The van der Waals surface area contributed by atoms with Gasteiger partial charge in [0, 0.05) is 12.1 Å². The highest BCUT2D eigenvalue weighted by Crippen LogP contribution is 2.36. The minimum Gasteiger partial charge on any atom is -0.319 e. The summed E-state index contributed by atoms with van der Waals surface area (Å²) in [7, 11) is 0. The maximum absolute atomic E-state index is 6.17. The number of hydrogen-bond acceptors (Lipinski definition) is 4. The number of nitrogens with two attached hydrogens (primary N) is 1. The molecule has 0 bridgehead atoms. The third kappa shape index (κ3) is 2.63. The van der Waals surface area contributed by atoms with Crippen LogP contribution in [0.1, 0.15) is 30.6 Å².